The first-order valence-corrected chi connectivity index (χ1v) is 17.3. The Balaban J connectivity index is 1.82. The van der Waals surface area contributed by atoms with Crippen LogP contribution in [0, 0.1) is 13.8 Å². The van der Waals surface area contributed by atoms with Gasteiger partial charge in [0.05, 0.1) is 10.6 Å². The molecule has 236 valence electrons. The molecule has 0 fully saturated rings. The number of sulfonamides is 1. The zero-order valence-electron chi connectivity index (χ0n) is 26.1. The predicted octanol–water partition coefficient (Wildman–Crippen LogP) is 6.82. The molecule has 45 heavy (non-hydrogen) atoms. The van der Waals surface area contributed by atoms with E-state index in [-0.39, 0.29) is 29.8 Å². The van der Waals surface area contributed by atoms with Crippen molar-refractivity contribution in [3.63, 3.8) is 0 Å². The van der Waals surface area contributed by atoms with Gasteiger partial charge in [0.15, 0.2) is 0 Å². The van der Waals surface area contributed by atoms with Crippen LogP contribution in [-0.2, 0) is 32.6 Å². The second-order valence-electron chi connectivity index (χ2n) is 11.3. The molecule has 2 atom stereocenters. The number of halogens is 1. The van der Waals surface area contributed by atoms with Crippen molar-refractivity contribution in [2.24, 2.45) is 0 Å². The highest BCUT2D eigenvalue weighted by Gasteiger charge is 2.35. The highest BCUT2D eigenvalue weighted by Crippen LogP contribution is 2.28. The molecule has 0 unspecified atom stereocenters. The molecule has 0 aliphatic heterocycles. The Morgan fingerprint density at radius 2 is 1.49 bits per heavy atom. The first-order valence-electron chi connectivity index (χ1n) is 15.0. The molecule has 2 amide bonds. The average molecular weight is 691 g/mol. The minimum absolute atomic E-state index is 0.0815. The largest absolute Gasteiger partial charge is 0.352 e. The molecular formula is C36H40BrN3O4S. The van der Waals surface area contributed by atoms with E-state index in [4.69, 9.17) is 0 Å². The van der Waals surface area contributed by atoms with Crippen LogP contribution in [0.2, 0.25) is 0 Å². The molecule has 0 heterocycles. The lowest BCUT2D eigenvalue weighted by molar-refractivity contribution is -0.140. The summed E-state index contributed by atoms with van der Waals surface area (Å²) >= 11 is 3.52. The van der Waals surface area contributed by atoms with E-state index >= 15 is 0 Å². The molecule has 0 saturated carbocycles. The summed E-state index contributed by atoms with van der Waals surface area (Å²) in [5.41, 5.74) is 3.71. The van der Waals surface area contributed by atoms with Gasteiger partial charge in [-0.1, -0.05) is 101 Å². The predicted molar refractivity (Wildman–Crippen MR) is 183 cm³/mol. The summed E-state index contributed by atoms with van der Waals surface area (Å²) < 4.78 is 30.4. The van der Waals surface area contributed by atoms with Gasteiger partial charge in [0.2, 0.25) is 11.8 Å². The van der Waals surface area contributed by atoms with E-state index in [0.29, 0.717) is 11.3 Å². The van der Waals surface area contributed by atoms with Gasteiger partial charge < -0.3 is 10.2 Å². The van der Waals surface area contributed by atoms with E-state index in [9.17, 15) is 18.0 Å². The van der Waals surface area contributed by atoms with Crippen LogP contribution in [0.15, 0.2) is 112 Å². The van der Waals surface area contributed by atoms with Crippen molar-refractivity contribution >= 4 is 43.5 Å². The van der Waals surface area contributed by atoms with Gasteiger partial charge in [0.25, 0.3) is 10.0 Å². The van der Waals surface area contributed by atoms with Crippen molar-refractivity contribution in [3.8, 4) is 0 Å². The minimum Gasteiger partial charge on any atom is -0.352 e. The standard InChI is InChI=1S/C36H40BrN3O4S/c1-5-28(4)38-36(42)34(23-29-13-7-6-8-14-29)39(24-30-15-11-16-31(37)22-30)35(41)25-40(33-17-10-9-12-27(33)3)45(43,44)32-20-18-26(2)19-21-32/h6-22,28,34H,5,23-25H2,1-4H3,(H,38,42)/t28-,34+/m0/s1. The Hall–Kier alpha value is -3.95. The molecule has 0 aromatic heterocycles. The lowest BCUT2D eigenvalue weighted by atomic mass is 10.0. The number of aryl methyl sites for hydroxylation is 2. The molecule has 4 aromatic carbocycles. The van der Waals surface area contributed by atoms with E-state index in [2.05, 4.69) is 21.2 Å². The van der Waals surface area contributed by atoms with Crippen LogP contribution >= 0.6 is 15.9 Å². The van der Waals surface area contributed by atoms with Gasteiger partial charge in [0.1, 0.15) is 12.6 Å². The first-order chi connectivity index (χ1) is 21.5. The zero-order valence-corrected chi connectivity index (χ0v) is 28.5. The van der Waals surface area contributed by atoms with Crippen LogP contribution in [0.4, 0.5) is 5.69 Å². The Morgan fingerprint density at radius 3 is 2.13 bits per heavy atom. The van der Waals surface area contributed by atoms with E-state index < -0.39 is 28.5 Å². The van der Waals surface area contributed by atoms with Crippen molar-refractivity contribution < 1.29 is 18.0 Å². The fraction of sp³-hybridized carbons (Fsp3) is 0.278. The van der Waals surface area contributed by atoms with Crippen LogP contribution in [0.25, 0.3) is 0 Å². The summed E-state index contributed by atoms with van der Waals surface area (Å²) in [6, 6.07) is 29.8. The normalized spacial score (nSPS) is 12.6. The maximum Gasteiger partial charge on any atom is 0.264 e. The number of carbonyl (C=O) groups is 2. The number of nitrogens with zero attached hydrogens (tertiary/aromatic N) is 2. The second-order valence-corrected chi connectivity index (χ2v) is 14.1. The fourth-order valence-electron chi connectivity index (χ4n) is 5.02. The monoisotopic (exact) mass is 689 g/mol. The molecule has 0 saturated heterocycles. The van der Waals surface area contributed by atoms with E-state index in [1.807, 2.05) is 94.4 Å². The van der Waals surface area contributed by atoms with Crippen LogP contribution in [-0.4, -0.2) is 43.8 Å². The Labute approximate surface area is 275 Å². The van der Waals surface area contributed by atoms with Crippen molar-refractivity contribution in [3.05, 3.63) is 130 Å². The highest BCUT2D eigenvalue weighted by molar-refractivity contribution is 9.10. The topological polar surface area (TPSA) is 86.8 Å². The van der Waals surface area contributed by atoms with Gasteiger partial charge >= 0.3 is 0 Å². The molecule has 4 rings (SSSR count). The third-order valence-electron chi connectivity index (χ3n) is 7.79. The number of amides is 2. The molecule has 0 radical (unpaired) electrons. The first kappa shape index (κ1) is 33.9. The van der Waals surface area contributed by atoms with E-state index in [0.717, 1.165) is 31.9 Å². The van der Waals surface area contributed by atoms with Gasteiger partial charge in [-0.2, -0.15) is 0 Å². The third-order valence-corrected chi connectivity index (χ3v) is 10.1. The number of hydrogen-bond acceptors (Lipinski definition) is 4. The Kier molecular flexibility index (Phi) is 11.6. The number of hydrogen-bond donors (Lipinski definition) is 1. The highest BCUT2D eigenvalue weighted by atomic mass is 79.9. The fourth-order valence-corrected chi connectivity index (χ4v) is 6.95. The quantitative estimate of drug-likeness (QED) is 0.167. The summed E-state index contributed by atoms with van der Waals surface area (Å²) in [7, 11) is -4.15. The van der Waals surface area contributed by atoms with Crippen LogP contribution in [0.5, 0.6) is 0 Å². The smallest absolute Gasteiger partial charge is 0.264 e. The molecule has 0 aliphatic rings. The average Bonchev–Trinajstić information content (AvgIpc) is 3.02. The van der Waals surface area contributed by atoms with E-state index in [1.165, 1.54) is 4.90 Å². The van der Waals surface area contributed by atoms with Crippen molar-refractivity contribution in [2.75, 3.05) is 10.8 Å². The molecule has 0 bridgehead atoms. The number of nitrogens with one attached hydrogen (secondary N) is 1. The SMILES string of the molecule is CC[C@H](C)NC(=O)[C@@H](Cc1ccccc1)N(Cc1cccc(Br)c1)C(=O)CN(c1ccccc1C)S(=O)(=O)c1ccc(C)cc1. The summed E-state index contributed by atoms with van der Waals surface area (Å²) in [6.45, 7) is 7.22. The summed E-state index contributed by atoms with van der Waals surface area (Å²) in [5, 5.41) is 3.06. The van der Waals surface area contributed by atoms with E-state index in [1.54, 1.807) is 36.4 Å². The maximum atomic E-state index is 14.6. The molecule has 4 aromatic rings. The summed E-state index contributed by atoms with van der Waals surface area (Å²) in [5.74, 6) is -0.783. The van der Waals surface area contributed by atoms with Gasteiger partial charge in [-0.25, -0.2) is 8.42 Å². The lowest BCUT2D eigenvalue weighted by Crippen LogP contribution is -2.54. The van der Waals surface area contributed by atoms with Gasteiger partial charge in [-0.15, -0.1) is 0 Å². The molecule has 0 aliphatic carbocycles. The van der Waals surface area contributed by atoms with Crippen LogP contribution in [0.3, 0.4) is 0 Å². The molecule has 1 N–H and O–H groups in total. The van der Waals surface area contributed by atoms with Crippen molar-refractivity contribution in [1.29, 1.82) is 0 Å². The Morgan fingerprint density at radius 1 is 0.844 bits per heavy atom. The summed E-state index contributed by atoms with van der Waals surface area (Å²) in [6.07, 6.45) is 0.983. The van der Waals surface area contributed by atoms with Gasteiger partial charge in [-0.3, -0.25) is 13.9 Å². The zero-order chi connectivity index (χ0) is 32.6. The van der Waals surface area contributed by atoms with Crippen LogP contribution in [0.1, 0.15) is 42.5 Å². The Bertz CT molecular complexity index is 1710. The molecular weight excluding hydrogens is 650 g/mol. The molecule has 9 heteroatoms. The lowest BCUT2D eigenvalue weighted by Gasteiger charge is -2.34. The van der Waals surface area contributed by atoms with Crippen LogP contribution < -0.4 is 9.62 Å². The number of anilines is 1. The third kappa shape index (κ3) is 8.83. The second kappa shape index (κ2) is 15.4. The maximum absolute atomic E-state index is 14.6. The van der Waals surface area contributed by atoms with Crippen molar-refractivity contribution in [1.82, 2.24) is 10.2 Å². The number of para-hydroxylation sites is 1. The molecule has 0 spiro atoms. The number of carbonyl (C=O) groups excluding carboxylic acids is 2. The summed E-state index contributed by atoms with van der Waals surface area (Å²) in [4.78, 5) is 30.1. The van der Waals surface area contributed by atoms with Gasteiger partial charge in [0, 0.05) is 23.5 Å². The number of rotatable bonds is 13. The number of benzene rings is 4. The van der Waals surface area contributed by atoms with Gasteiger partial charge in [-0.05, 0) is 74.2 Å². The minimum atomic E-state index is -4.15. The molecule has 7 nitrogen and oxygen atoms in total. The van der Waals surface area contributed by atoms with Crippen molar-refractivity contribution in [2.45, 2.75) is 64.1 Å².